The Kier molecular flexibility index (Phi) is 5.85. The van der Waals surface area contributed by atoms with Crippen LogP contribution in [0.3, 0.4) is 0 Å². The fourth-order valence-corrected chi connectivity index (χ4v) is 2.11. The van der Waals surface area contributed by atoms with E-state index >= 15 is 0 Å². The summed E-state index contributed by atoms with van der Waals surface area (Å²) in [6.07, 6.45) is 1.28. The fraction of sp³-hybridized carbons (Fsp3) is 0.538. The van der Waals surface area contributed by atoms with E-state index in [1.54, 1.807) is 23.4 Å². The lowest BCUT2D eigenvalue weighted by Gasteiger charge is -2.23. The Balaban J connectivity index is 2.29. The van der Waals surface area contributed by atoms with Crippen molar-refractivity contribution in [1.82, 2.24) is 10.2 Å². The summed E-state index contributed by atoms with van der Waals surface area (Å²) in [5.41, 5.74) is 0.655. The van der Waals surface area contributed by atoms with Gasteiger partial charge in [0.1, 0.15) is 0 Å². The third kappa shape index (κ3) is 4.14. The molecule has 1 heterocycles. The number of carbonyl (C=O) groups is 2. The van der Waals surface area contributed by atoms with Gasteiger partial charge in [-0.2, -0.15) is 11.3 Å². The Labute approximate surface area is 112 Å². The highest BCUT2D eigenvalue weighted by Crippen LogP contribution is 2.05. The summed E-state index contributed by atoms with van der Waals surface area (Å²) < 4.78 is 0. The minimum atomic E-state index is -0.116. The fourth-order valence-electron chi connectivity index (χ4n) is 1.47. The average molecular weight is 268 g/mol. The third-order valence-electron chi connectivity index (χ3n) is 3.05. The monoisotopic (exact) mass is 268 g/mol. The van der Waals surface area contributed by atoms with Crippen LogP contribution in [0, 0.1) is 0 Å². The Bertz CT molecular complexity index is 390. The van der Waals surface area contributed by atoms with E-state index in [1.807, 2.05) is 19.2 Å². The number of thiophene rings is 1. The quantitative estimate of drug-likeness (QED) is 0.859. The second kappa shape index (κ2) is 7.16. The molecule has 0 aliphatic carbocycles. The molecule has 1 rings (SSSR count). The van der Waals surface area contributed by atoms with Gasteiger partial charge < -0.3 is 10.2 Å². The molecule has 0 radical (unpaired) electrons. The lowest BCUT2D eigenvalue weighted by Crippen LogP contribution is -2.37. The normalized spacial score (nSPS) is 11.9. The molecule has 0 spiro atoms. The molecule has 0 bridgehead atoms. The van der Waals surface area contributed by atoms with Crippen LogP contribution in [0.2, 0.25) is 0 Å². The van der Waals surface area contributed by atoms with Gasteiger partial charge in [0.05, 0.1) is 0 Å². The highest BCUT2D eigenvalue weighted by Gasteiger charge is 2.14. The predicted octanol–water partition coefficient (Wildman–Crippen LogP) is 2.12. The second-order valence-electron chi connectivity index (χ2n) is 4.28. The van der Waals surface area contributed by atoms with Crippen molar-refractivity contribution in [3.05, 3.63) is 22.4 Å². The maximum Gasteiger partial charge on any atom is 0.252 e. The van der Waals surface area contributed by atoms with Gasteiger partial charge in [-0.15, -0.1) is 0 Å². The SMILES string of the molecule is CCC(C)N(C)C(=O)CCNC(=O)c1ccsc1. The molecule has 0 saturated heterocycles. The molecule has 0 fully saturated rings. The number of hydrogen-bond acceptors (Lipinski definition) is 3. The van der Waals surface area contributed by atoms with Gasteiger partial charge in [0.15, 0.2) is 0 Å². The van der Waals surface area contributed by atoms with Crippen LogP contribution in [0.4, 0.5) is 0 Å². The zero-order valence-electron chi connectivity index (χ0n) is 11.1. The Hall–Kier alpha value is -1.36. The average Bonchev–Trinajstić information content (AvgIpc) is 2.90. The molecule has 4 nitrogen and oxygen atoms in total. The van der Waals surface area contributed by atoms with Crippen molar-refractivity contribution in [2.45, 2.75) is 32.7 Å². The maximum absolute atomic E-state index is 11.8. The third-order valence-corrected chi connectivity index (χ3v) is 3.74. The number of hydrogen-bond donors (Lipinski definition) is 1. The first-order chi connectivity index (χ1) is 8.56. The van der Waals surface area contributed by atoms with Crippen molar-refractivity contribution in [1.29, 1.82) is 0 Å². The van der Waals surface area contributed by atoms with E-state index in [4.69, 9.17) is 0 Å². The summed E-state index contributed by atoms with van der Waals surface area (Å²) >= 11 is 1.48. The van der Waals surface area contributed by atoms with Gasteiger partial charge >= 0.3 is 0 Å². The minimum absolute atomic E-state index is 0.0648. The van der Waals surface area contributed by atoms with Crippen LogP contribution >= 0.6 is 11.3 Å². The van der Waals surface area contributed by atoms with Crippen LogP contribution in [-0.2, 0) is 4.79 Å². The summed E-state index contributed by atoms with van der Waals surface area (Å²) in [5.74, 6) is -0.0507. The molecule has 0 aliphatic heterocycles. The zero-order valence-corrected chi connectivity index (χ0v) is 11.9. The summed E-state index contributed by atoms with van der Waals surface area (Å²) in [6, 6.07) is 2.01. The molecule has 5 heteroatoms. The number of nitrogens with one attached hydrogen (secondary N) is 1. The van der Waals surface area contributed by atoms with E-state index in [0.717, 1.165) is 6.42 Å². The summed E-state index contributed by atoms with van der Waals surface area (Å²) in [7, 11) is 1.80. The van der Waals surface area contributed by atoms with Crippen LogP contribution < -0.4 is 5.32 Å². The summed E-state index contributed by atoms with van der Waals surface area (Å²) in [4.78, 5) is 25.1. The molecule has 1 atom stereocenters. The van der Waals surface area contributed by atoms with Crippen LogP contribution in [0.25, 0.3) is 0 Å². The summed E-state index contributed by atoms with van der Waals surface area (Å²) in [6.45, 7) is 4.45. The predicted molar refractivity (Wildman–Crippen MR) is 73.8 cm³/mol. The van der Waals surface area contributed by atoms with Crippen molar-refractivity contribution >= 4 is 23.2 Å². The van der Waals surface area contributed by atoms with E-state index in [-0.39, 0.29) is 17.9 Å². The highest BCUT2D eigenvalue weighted by molar-refractivity contribution is 7.08. The molecule has 0 saturated carbocycles. The lowest BCUT2D eigenvalue weighted by atomic mass is 10.2. The smallest absolute Gasteiger partial charge is 0.252 e. The Morgan fingerprint density at radius 2 is 2.22 bits per heavy atom. The van der Waals surface area contributed by atoms with Crippen LogP contribution in [0.1, 0.15) is 37.0 Å². The molecule has 0 aromatic carbocycles. The summed E-state index contributed by atoms with van der Waals surface area (Å²) in [5, 5.41) is 6.40. The number of carbonyl (C=O) groups excluding carboxylic acids is 2. The molecule has 1 aromatic heterocycles. The van der Waals surface area contributed by atoms with Crippen LogP contribution in [-0.4, -0.2) is 36.3 Å². The van der Waals surface area contributed by atoms with Gasteiger partial charge in [0.25, 0.3) is 5.91 Å². The molecule has 1 unspecified atom stereocenters. The molecular weight excluding hydrogens is 248 g/mol. The molecule has 18 heavy (non-hydrogen) atoms. The van der Waals surface area contributed by atoms with Gasteiger partial charge in [0.2, 0.25) is 5.91 Å². The van der Waals surface area contributed by atoms with E-state index in [0.29, 0.717) is 18.5 Å². The Morgan fingerprint density at radius 1 is 1.50 bits per heavy atom. The van der Waals surface area contributed by atoms with Crippen LogP contribution in [0.5, 0.6) is 0 Å². The molecule has 0 aliphatic rings. The van der Waals surface area contributed by atoms with Gasteiger partial charge in [-0.05, 0) is 24.8 Å². The maximum atomic E-state index is 11.8. The number of amides is 2. The van der Waals surface area contributed by atoms with Crippen molar-refractivity contribution in [2.24, 2.45) is 0 Å². The highest BCUT2D eigenvalue weighted by atomic mass is 32.1. The Morgan fingerprint density at radius 3 is 2.78 bits per heavy atom. The zero-order chi connectivity index (χ0) is 13.5. The number of nitrogens with zero attached hydrogens (tertiary/aromatic N) is 1. The van der Waals surface area contributed by atoms with Gasteiger partial charge in [-0.25, -0.2) is 0 Å². The first-order valence-electron chi connectivity index (χ1n) is 6.12. The largest absolute Gasteiger partial charge is 0.351 e. The van der Waals surface area contributed by atoms with E-state index in [9.17, 15) is 9.59 Å². The first kappa shape index (κ1) is 14.7. The van der Waals surface area contributed by atoms with Gasteiger partial charge in [-0.3, -0.25) is 9.59 Å². The first-order valence-corrected chi connectivity index (χ1v) is 7.06. The minimum Gasteiger partial charge on any atom is -0.351 e. The van der Waals surface area contributed by atoms with Crippen LogP contribution in [0.15, 0.2) is 16.8 Å². The molecule has 1 N–H and O–H groups in total. The van der Waals surface area contributed by atoms with Crippen molar-refractivity contribution in [2.75, 3.05) is 13.6 Å². The number of rotatable bonds is 6. The molecule has 100 valence electrons. The molecule has 2 amide bonds. The van der Waals surface area contributed by atoms with Crippen molar-refractivity contribution < 1.29 is 9.59 Å². The van der Waals surface area contributed by atoms with Crippen molar-refractivity contribution in [3.63, 3.8) is 0 Å². The second-order valence-corrected chi connectivity index (χ2v) is 5.06. The molecular formula is C13H20N2O2S. The van der Waals surface area contributed by atoms with Gasteiger partial charge in [0, 0.05) is 37.0 Å². The molecule has 1 aromatic rings. The lowest BCUT2D eigenvalue weighted by molar-refractivity contribution is -0.131. The van der Waals surface area contributed by atoms with E-state index in [1.165, 1.54) is 11.3 Å². The van der Waals surface area contributed by atoms with E-state index in [2.05, 4.69) is 5.32 Å². The standard InChI is InChI=1S/C13H20N2O2S/c1-4-10(2)15(3)12(16)5-7-14-13(17)11-6-8-18-9-11/h6,8-10H,4-5,7H2,1-3H3,(H,14,17). The van der Waals surface area contributed by atoms with Gasteiger partial charge in [-0.1, -0.05) is 6.92 Å². The topological polar surface area (TPSA) is 49.4 Å². The van der Waals surface area contributed by atoms with Crippen molar-refractivity contribution in [3.8, 4) is 0 Å². The van der Waals surface area contributed by atoms with E-state index < -0.39 is 0 Å².